The van der Waals surface area contributed by atoms with Crippen molar-refractivity contribution in [2.75, 3.05) is 17.3 Å². The van der Waals surface area contributed by atoms with Crippen LogP contribution in [0.3, 0.4) is 0 Å². The van der Waals surface area contributed by atoms with Gasteiger partial charge in [-0.2, -0.15) is 16.8 Å². The third kappa shape index (κ3) is 15.1. The van der Waals surface area contributed by atoms with Crippen molar-refractivity contribution in [3.63, 3.8) is 0 Å². The lowest BCUT2D eigenvalue weighted by atomic mass is 9.88. The van der Waals surface area contributed by atoms with Gasteiger partial charge in [0.15, 0.2) is 29.5 Å². The second-order valence-corrected chi connectivity index (χ2v) is 29.0. The second-order valence-electron chi connectivity index (χ2n) is 21.1. The van der Waals surface area contributed by atoms with Crippen LogP contribution in [0, 0.1) is 0 Å². The number of aromatic hydroxyl groups is 1. The summed E-state index contributed by atoms with van der Waals surface area (Å²) in [6, 6.07) is 40.6. The summed E-state index contributed by atoms with van der Waals surface area (Å²) in [4.78, 5) is 0.239. The minimum Gasteiger partial charge on any atom is -0.508 e. The number of phenols is 1. The summed E-state index contributed by atoms with van der Waals surface area (Å²) in [6.45, 7) is 12.0. The molecule has 82 heavy (non-hydrogen) atoms. The third-order valence-electron chi connectivity index (χ3n) is 15.9. The quantitative estimate of drug-likeness (QED) is 0.0521. The summed E-state index contributed by atoms with van der Waals surface area (Å²) in [5, 5.41) is 20.6. The number of hydrogen-bond donors (Lipinski definition) is 6. The van der Waals surface area contributed by atoms with Gasteiger partial charge in [0, 0.05) is 28.7 Å². The average Bonchev–Trinajstić information content (AvgIpc) is 3.93. The van der Waals surface area contributed by atoms with E-state index >= 15 is 0 Å². The van der Waals surface area contributed by atoms with Gasteiger partial charge in [-0.1, -0.05) is 164 Å². The van der Waals surface area contributed by atoms with Crippen molar-refractivity contribution < 1.29 is 64.7 Å². The van der Waals surface area contributed by atoms with E-state index in [4.69, 9.17) is 9.11 Å². The van der Waals surface area contributed by atoms with E-state index in [9.17, 15) is 47.2 Å². The molecule has 3 aliphatic rings. The number of benzene rings is 6. The van der Waals surface area contributed by atoms with Crippen LogP contribution >= 0.6 is 0 Å². The highest BCUT2D eigenvalue weighted by Gasteiger charge is 2.44. The molecule has 2 unspecified atom stereocenters. The molecule has 18 nitrogen and oxygen atoms in total. The molecule has 0 saturated heterocycles. The minimum atomic E-state index is -4.77. The van der Waals surface area contributed by atoms with Crippen LogP contribution in [-0.2, 0) is 50.3 Å². The Bertz CT molecular complexity index is 3770. The van der Waals surface area contributed by atoms with Gasteiger partial charge in [-0.15, -0.1) is 0 Å². The Morgan fingerprint density at radius 2 is 0.756 bits per heavy atom. The van der Waals surface area contributed by atoms with Gasteiger partial charge in [0.1, 0.15) is 17.2 Å². The Hall–Kier alpha value is -5.73. The molecule has 4 atom stereocenters. The van der Waals surface area contributed by atoms with Gasteiger partial charge in [-0.3, -0.25) is 25.1 Å². The number of unbranched alkanes of at least 4 members (excludes halogenated alkanes) is 1. The third-order valence-corrected chi connectivity index (χ3v) is 22.5. The van der Waals surface area contributed by atoms with Crippen molar-refractivity contribution in [3.8, 4) is 17.2 Å². The van der Waals surface area contributed by atoms with Gasteiger partial charge in [-0.25, -0.2) is 25.3 Å². The monoisotopic (exact) mass is 1220 g/mol. The predicted octanol–water partition coefficient (Wildman–Crippen LogP) is 9.98. The van der Waals surface area contributed by atoms with E-state index in [1.165, 1.54) is 30.3 Å². The van der Waals surface area contributed by atoms with Crippen molar-refractivity contribution in [3.05, 3.63) is 179 Å². The molecule has 9 rings (SSSR count). The minimum absolute atomic E-state index is 0.00113. The van der Waals surface area contributed by atoms with Gasteiger partial charge < -0.3 is 13.5 Å². The molecule has 0 amide bonds. The molecule has 6 N–H and O–H groups in total. The lowest BCUT2D eigenvalue weighted by Crippen LogP contribution is -2.50. The Morgan fingerprint density at radius 3 is 1.07 bits per heavy atom. The first-order valence-corrected chi connectivity index (χ1v) is 34.9. The number of sulfone groups is 3. The first kappa shape index (κ1) is 63.8. The lowest BCUT2D eigenvalue weighted by molar-refractivity contribution is 0.295. The zero-order chi connectivity index (χ0) is 59.9. The Labute approximate surface area is 483 Å². The Kier molecular flexibility index (Phi) is 20.0. The fourth-order valence-corrected chi connectivity index (χ4v) is 18.4. The maximum Gasteiger partial charge on any atom is 0.446 e. The fourth-order valence-electron chi connectivity index (χ4n) is 11.1. The molecule has 0 bridgehead atoms. The number of nitrogens with one attached hydrogen (secondary N) is 3. The molecule has 0 saturated carbocycles. The molecular formula is C59H73N3O15S5. The largest absolute Gasteiger partial charge is 0.508 e. The van der Waals surface area contributed by atoms with E-state index < -0.39 is 79.0 Å². The summed E-state index contributed by atoms with van der Waals surface area (Å²) in [7, 11) is -20.5. The maximum absolute atomic E-state index is 13.4. The smallest absolute Gasteiger partial charge is 0.446 e. The van der Waals surface area contributed by atoms with Crippen LogP contribution in [0.2, 0.25) is 0 Å². The van der Waals surface area contributed by atoms with Gasteiger partial charge in [0.05, 0.1) is 50.1 Å². The fraction of sp³-hybridized carbons (Fsp3) is 0.390. The van der Waals surface area contributed by atoms with E-state index in [2.05, 4.69) is 31.2 Å². The second kappa shape index (κ2) is 25.6. The molecule has 0 aliphatic carbocycles. The molecule has 23 heteroatoms. The molecule has 0 fully saturated rings. The van der Waals surface area contributed by atoms with Crippen molar-refractivity contribution in [2.45, 2.75) is 142 Å². The average molecular weight is 1220 g/mol. The highest BCUT2D eigenvalue weighted by Crippen LogP contribution is 2.42. The van der Waals surface area contributed by atoms with E-state index in [1.807, 2.05) is 126 Å². The van der Waals surface area contributed by atoms with Gasteiger partial charge in [0.25, 0.3) is 0 Å². The molecule has 444 valence electrons. The predicted molar refractivity (Wildman–Crippen MR) is 315 cm³/mol. The normalized spacial score (nSPS) is 22.0. The van der Waals surface area contributed by atoms with E-state index in [1.54, 1.807) is 18.2 Å². The number of rotatable bonds is 15. The number of phenolic OH excluding ortho intramolecular Hbond substituents is 1. The molecular weight excluding hydrogens is 1150 g/mol. The number of hydrogen-bond acceptors (Lipinski definition) is 16. The number of fused-ring (bicyclic) bond motifs is 3. The van der Waals surface area contributed by atoms with Crippen LogP contribution in [-0.4, -0.2) is 90.2 Å². The van der Waals surface area contributed by atoms with E-state index in [-0.39, 0.29) is 55.2 Å². The molecule has 6 aromatic rings. The Morgan fingerprint density at radius 1 is 0.451 bits per heavy atom. The van der Waals surface area contributed by atoms with Crippen LogP contribution in [0.15, 0.2) is 160 Å². The summed E-state index contributed by atoms with van der Waals surface area (Å²) < 4.78 is 151. The van der Waals surface area contributed by atoms with Crippen molar-refractivity contribution in [1.29, 1.82) is 0 Å². The maximum atomic E-state index is 13.4. The highest BCUT2D eigenvalue weighted by molar-refractivity contribution is 7.92. The van der Waals surface area contributed by atoms with Crippen LogP contribution in [0.1, 0.15) is 144 Å². The van der Waals surface area contributed by atoms with Gasteiger partial charge in [-0.05, 0) is 96.2 Å². The zero-order valence-corrected chi connectivity index (χ0v) is 50.7. The van der Waals surface area contributed by atoms with Crippen molar-refractivity contribution in [1.82, 2.24) is 16.0 Å². The molecule has 3 heterocycles. The van der Waals surface area contributed by atoms with E-state index in [0.717, 1.165) is 35.6 Å². The van der Waals surface area contributed by atoms with Gasteiger partial charge in [0.2, 0.25) is 0 Å². The summed E-state index contributed by atoms with van der Waals surface area (Å²) in [5.41, 5.74) is 2.81. The molecule has 6 aromatic carbocycles. The van der Waals surface area contributed by atoms with Crippen LogP contribution in [0.4, 0.5) is 0 Å². The first-order valence-electron chi connectivity index (χ1n) is 27.2. The SMILES string of the molecule is CCC1(CC)CS(=O)(=O)c2cc(O)ccc2C(c2ccccc2)N1.CCC1(CC)CS(=O)(=O)c2cc(OS(=O)(=O)O)ccc2C(c2ccccc2)N1.CCCC[C@]1(CC)CS(=O)(=O)c2cc(OS(=O)(=O)O)ccc2[C@@H](c2ccccc2)N1. The lowest BCUT2D eigenvalue weighted by Gasteiger charge is -2.35. The standard InChI is InChI=1S/C21H27NO6S2.C19H23NO6S2.C19H23NO3S/c1-3-5-13-21(4-2)15-29(23,24)19-14-17(28-30(25,26)27)11-12-18(19)20(22-21)16-9-7-6-8-10-16;1-3-19(4-2)13-27(21,22)17-12-15(26-28(23,24)25)10-11-16(17)18(20-19)14-8-6-5-7-9-14;1-3-19(4-2)13-24(22,23)17-12-15(21)10-11-16(17)18(20-19)14-8-6-5-7-9-14/h6-12,14,20,22H,3-5,13,15H2,1-2H3,(H,25,26,27);5-12,18,20H,3-4,13H2,1-2H3,(H,23,24,25);5-12,18,20-21H,3-4,13H2,1-2H3/t20-,21-;;/m1../s1. The molecule has 0 spiro atoms. The highest BCUT2D eigenvalue weighted by atomic mass is 32.3. The van der Waals surface area contributed by atoms with Crippen LogP contribution in [0.25, 0.3) is 0 Å². The molecule has 3 aliphatic heterocycles. The zero-order valence-electron chi connectivity index (χ0n) is 46.6. The van der Waals surface area contributed by atoms with E-state index in [0.29, 0.717) is 55.2 Å². The topological polar surface area (TPSA) is 286 Å². The Balaban J connectivity index is 0.000000178. The summed E-state index contributed by atoms with van der Waals surface area (Å²) in [5.74, 6) is -0.723. The van der Waals surface area contributed by atoms with Crippen LogP contribution in [0.5, 0.6) is 17.2 Å². The molecule has 0 radical (unpaired) electrons. The van der Waals surface area contributed by atoms with Crippen molar-refractivity contribution >= 4 is 50.3 Å². The first-order chi connectivity index (χ1) is 38.6. The summed E-state index contributed by atoms with van der Waals surface area (Å²) in [6.07, 6.45) is 5.79. The van der Waals surface area contributed by atoms with Gasteiger partial charge >= 0.3 is 20.8 Å². The van der Waals surface area contributed by atoms with Crippen LogP contribution < -0.4 is 24.3 Å². The molecule has 0 aromatic heterocycles. The van der Waals surface area contributed by atoms with Crippen molar-refractivity contribution in [2.24, 2.45) is 0 Å². The summed E-state index contributed by atoms with van der Waals surface area (Å²) >= 11 is 0.